The molecule has 0 aliphatic rings. The highest BCUT2D eigenvalue weighted by Crippen LogP contribution is 2.21. The summed E-state index contributed by atoms with van der Waals surface area (Å²) >= 11 is 0. The summed E-state index contributed by atoms with van der Waals surface area (Å²) in [5.41, 5.74) is 8.39. The van der Waals surface area contributed by atoms with E-state index >= 15 is 0 Å². The number of hydrogen-bond donors (Lipinski definition) is 2. The van der Waals surface area contributed by atoms with Crippen molar-refractivity contribution in [3.63, 3.8) is 0 Å². The number of carbonyl (C=O) groups excluding carboxylic acids is 1. The topological polar surface area (TPSA) is 58.9 Å². The van der Waals surface area contributed by atoms with Gasteiger partial charge in [0.25, 0.3) is 0 Å². The van der Waals surface area contributed by atoms with Gasteiger partial charge >= 0.3 is 0 Å². The molecule has 72 valence electrons. The second-order valence-corrected chi connectivity index (χ2v) is 3.45. The Labute approximate surface area is 81.9 Å². The zero-order chi connectivity index (χ0) is 10.1. The molecular formula is C11H12N2O. The van der Waals surface area contributed by atoms with Gasteiger partial charge in [0.05, 0.1) is 6.42 Å². The normalized spacial score (nSPS) is 10.6. The van der Waals surface area contributed by atoms with Crippen molar-refractivity contribution >= 4 is 16.8 Å². The van der Waals surface area contributed by atoms with Crippen LogP contribution in [-0.4, -0.2) is 10.9 Å². The third kappa shape index (κ3) is 1.37. The molecule has 0 saturated heterocycles. The van der Waals surface area contributed by atoms with E-state index in [1.807, 2.05) is 31.3 Å². The summed E-state index contributed by atoms with van der Waals surface area (Å²) in [5, 5.41) is 1.09. The lowest BCUT2D eigenvalue weighted by Gasteiger charge is -1.97. The van der Waals surface area contributed by atoms with E-state index in [1.165, 1.54) is 5.56 Å². The molecule has 0 radical (unpaired) electrons. The summed E-state index contributed by atoms with van der Waals surface area (Å²) in [4.78, 5) is 14.0. The molecule has 1 aromatic carbocycles. The van der Waals surface area contributed by atoms with Crippen LogP contribution in [0.2, 0.25) is 0 Å². The Morgan fingerprint density at radius 1 is 1.50 bits per heavy atom. The van der Waals surface area contributed by atoms with Crippen molar-refractivity contribution in [3.8, 4) is 0 Å². The largest absolute Gasteiger partial charge is 0.369 e. The molecule has 1 heterocycles. The number of benzene rings is 1. The van der Waals surface area contributed by atoms with Crippen LogP contribution in [-0.2, 0) is 11.2 Å². The highest BCUT2D eigenvalue weighted by Gasteiger charge is 2.06. The molecule has 1 aromatic heterocycles. The minimum atomic E-state index is -0.299. The molecule has 0 bridgehead atoms. The number of hydrogen-bond acceptors (Lipinski definition) is 1. The monoisotopic (exact) mass is 188 g/mol. The van der Waals surface area contributed by atoms with Gasteiger partial charge in [-0.1, -0.05) is 18.2 Å². The van der Waals surface area contributed by atoms with Crippen LogP contribution < -0.4 is 5.73 Å². The van der Waals surface area contributed by atoms with Crippen molar-refractivity contribution in [2.24, 2.45) is 5.73 Å². The second kappa shape index (κ2) is 3.18. The SMILES string of the molecule is Cc1cccc2c(CC(N)=O)c[nH]c12. The number of aryl methyl sites for hydroxylation is 1. The molecule has 0 aliphatic carbocycles. The van der Waals surface area contributed by atoms with Crippen molar-refractivity contribution < 1.29 is 4.79 Å². The van der Waals surface area contributed by atoms with E-state index in [2.05, 4.69) is 4.98 Å². The number of aromatic amines is 1. The van der Waals surface area contributed by atoms with E-state index in [4.69, 9.17) is 5.73 Å². The fourth-order valence-electron chi connectivity index (χ4n) is 1.70. The molecule has 0 fully saturated rings. The molecule has 1 amide bonds. The van der Waals surface area contributed by atoms with E-state index in [0.717, 1.165) is 16.5 Å². The Hall–Kier alpha value is -1.77. The molecule has 2 rings (SSSR count). The van der Waals surface area contributed by atoms with E-state index in [9.17, 15) is 4.79 Å². The van der Waals surface area contributed by atoms with E-state index in [0.29, 0.717) is 6.42 Å². The third-order valence-electron chi connectivity index (χ3n) is 2.37. The van der Waals surface area contributed by atoms with E-state index in [1.54, 1.807) is 0 Å². The molecule has 2 aromatic rings. The molecule has 0 saturated carbocycles. The lowest BCUT2D eigenvalue weighted by atomic mass is 10.1. The summed E-state index contributed by atoms with van der Waals surface area (Å²) in [7, 11) is 0. The van der Waals surface area contributed by atoms with Crippen molar-refractivity contribution in [1.29, 1.82) is 0 Å². The number of carbonyl (C=O) groups is 1. The summed E-state index contributed by atoms with van der Waals surface area (Å²) < 4.78 is 0. The molecule has 0 atom stereocenters. The predicted octanol–water partition coefficient (Wildman–Crippen LogP) is 1.50. The van der Waals surface area contributed by atoms with Crippen molar-refractivity contribution in [2.45, 2.75) is 13.3 Å². The first-order valence-corrected chi connectivity index (χ1v) is 4.52. The van der Waals surface area contributed by atoms with Crippen LogP contribution in [0, 0.1) is 6.92 Å². The van der Waals surface area contributed by atoms with Gasteiger partial charge in [0.15, 0.2) is 0 Å². The maximum absolute atomic E-state index is 10.8. The molecule has 3 nitrogen and oxygen atoms in total. The smallest absolute Gasteiger partial charge is 0.221 e. The van der Waals surface area contributed by atoms with Crippen molar-refractivity contribution in [1.82, 2.24) is 4.98 Å². The van der Waals surface area contributed by atoms with Gasteiger partial charge in [0.1, 0.15) is 0 Å². The number of nitrogens with two attached hydrogens (primary N) is 1. The van der Waals surface area contributed by atoms with Gasteiger partial charge in [-0.25, -0.2) is 0 Å². The van der Waals surface area contributed by atoms with E-state index < -0.39 is 0 Å². The van der Waals surface area contributed by atoms with E-state index in [-0.39, 0.29) is 5.91 Å². The highest BCUT2D eigenvalue weighted by molar-refractivity contribution is 5.89. The number of para-hydroxylation sites is 1. The number of aromatic nitrogens is 1. The number of H-pyrrole nitrogens is 1. The highest BCUT2D eigenvalue weighted by atomic mass is 16.1. The molecule has 0 spiro atoms. The summed E-state index contributed by atoms with van der Waals surface area (Å²) in [6, 6.07) is 6.01. The van der Waals surface area contributed by atoms with Gasteiger partial charge in [0, 0.05) is 17.1 Å². The van der Waals surface area contributed by atoms with Crippen LogP contribution in [0.3, 0.4) is 0 Å². The lowest BCUT2D eigenvalue weighted by molar-refractivity contribution is -0.117. The van der Waals surface area contributed by atoms with Crippen LogP contribution in [0.15, 0.2) is 24.4 Å². The Kier molecular flexibility index (Phi) is 2.00. The summed E-state index contributed by atoms with van der Waals surface area (Å²) in [6.45, 7) is 2.03. The fourth-order valence-corrected chi connectivity index (χ4v) is 1.70. The average molecular weight is 188 g/mol. The Bertz CT molecular complexity index is 485. The van der Waals surface area contributed by atoms with Crippen LogP contribution in [0.4, 0.5) is 0 Å². The molecule has 0 unspecified atom stereocenters. The van der Waals surface area contributed by atoms with Crippen LogP contribution in [0.5, 0.6) is 0 Å². The van der Waals surface area contributed by atoms with Crippen molar-refractivity contribution in [2.75, 3.05) is 0 Å². The summed E-state index contributed by atoms with van der Waals surface area (Å²) in [6.07, 6.45) is 2.14. The maximum Gasteiger partial charge on any atom is 0.221 e. The van der Waals surface area contributed by atoms with Crippen molar-refractivity contribution in [3.05, 3.63) is 35.5 Å². The minimum absolute atomic E-state index is 0.295. The first-order valence-electron chi connectivity index (χ1n) is 4.52. The van der Waals surface area contributed by atoms with Gasteiger partial charge in [-0.3, -0.25) is 4.79 Å². The quantitative estimate of drug-likeness (QED) is 0.737. The first-order chi connectivity index (χ1) is 6.68. The molecule has 3 heteroatoms. The number of primary amides is 1. The van der Waals surface area contributed by atoms with Gasteiger partial charge in [-0.2, -0.15) is 0 Å². The molecule has 3 N–H and O–H groups in total. The maximum atomic E-state index is 10.8. The third-order valence-corrected chi connectivity index (χ3v) is 2.37. The minimum Gasteiger partial charge on any atom is -0.369 e. The van der Waals surface area contributed by atoms with Crippen LogP contribution in [0.25, 0.3) is 10.9 Å². The first kappa shape index (κ1) is 8.81. The van der Waals surface area contributed by atoms with Gasteiger partial charge in [-0.05, 0) is 18.1 Å². The van der Waals surface area contributed by atoms with Crippen LogP contribution >= 0.6 is 0 Å². The van der Waals surface area contributed by atoms with Crippen LogP contribution in [0.1, 0.15) is 11.1 Å². The molecule has 0 aliphatic heterocycles. The number of rotatable bonds is 2. The number of fused-ring (bicyclic) bond motifs is 1. The fraction of sp³-hybridized carbons (Fsp3) is 0.182. The van der Waals surface area contributed by atoms with Gasteiger partial charge in [0.2, 0.25) is 5.91 Å². The zero-order valence-electron chi connectivity index (χ0n) is 8.00. The average Bonchev–Trinajstić information content (AvgIpc) is 2.49. The molecular weight excluding hydrogens is 176 g/mol. The predicted molar refractivity (Wildman–Crippen MR) is 55.9 cm³/mol. The Morgan fingerprint density at radius 2 is 2.29 bits per heavy atom. The zero-order valence-corrected chi connectivity index (χ0v) is 8.00. The second-order valence-electron chi connectivity index (χ2n) is 3.45. The Morgan fingerprint density at radius 3 is 3.00 bits per heavy atom. The van der Waals surface area contributed by atoms with Gasteiger partial charge in [-0.15, -0.1) is 0 Å². The number of nitrogens with one attached hydrogen (secondary N) is 1. The summed E-state index contributed by atoms with van der Waals surface area (Å²) in [5.74, 6) is -0.299. The van der Waals surface area contributed by atoms with Gasteiger partial charge < -0.3 is 10.7 Å². The Balaban J connectivity index is 2.58. The number of amides is 1. The standard InChI is InChI=1S/C11H12N2O/c1-7-3-2-4-9-8(5-10(12)14)6-13-11(7)9/h2-4,6,13H,5H2,1H3,(H2,12,14). The molecule has 14 heavy (non-hydrogen) atoms. The lowest BCUT2D eigenvalue weighted by Crippen LogP contribution is -2.13.